The summed E-state index contributed by atoms with van der Waals surface area (Å²) < 4.78 is 0. The van der Waals surface area contributed by atoms with Gasteiger partial charge in [0.05, 0.1) is 12.1 Å². The highest BCUT2D eigenvalue weighted by molar-refractivity contribution is 5.88. The van der Waals surface area contributed by atoms with Gasteiger partial charge in [-0.15, -0.1) is 0 Å². The maximum absolute atomic E-state index is 13.2. The second kappa shape index (κ2) is 6.58. The number of hydrogen-bond donors (Lipinski definition) is 3. The molecule has 0 bridgehead atoms. The molecule has 1 unspecified atom stereocenters. The molecule has 3 N–H and O–H groups in total. The van der Waals surface area contributed by atoms with Gasteiger partial charge >= 0.3 is 0 Å². The molecular weight excluding hydrogens is 302 g/mol. The standard InChI is InChI=1S/C19H37N3O2/c1-16(2,3)20-12-18(6)13-22(17(4,5)14-23)19(15(24)21-18)10-8-7-9-11-19/h20,23H,7-14H2,1-6H3,(H,21,24). The van der Waals surface area contributed by atoms with E-state index >= 15 is 0 Å². The Labute approximate surface area is 147 Å². The number of rotatable bonds is 4. The molecule has 0 aromatic rings. The molecule has 1 aliphatic carbocycles. The zero-order valence-electron chi connectivity index (χ0n) is 16.5. The Hall–Kier alpha value is -0.650. The van der Waals surface area contributed by atoms with E-state index in [4.69, 9.17) is 0 Å². The second-order valence-corrected chi connectivity index (χ2v) is 9.77. The molecule has 1 aliphatic heterocycles. The average Bonchev–Trinajstić information content (AvgIpc) is 2.50. The first kappa shape index (κ1) is 19.7. The summed E-state index contributed by atoms with van der Waals surface area (Å²) in [5.74, 6) is 0.146. The van der Waals surface area contributed by atoms with Gasteiger partial charge in [0.25, 0.3) is 0 Å². The predicted octanol–water partition coefficient (Wildman–Crippen LogP) is 2.04. The predicted molar refractivity (Wildman–Crippen MR) is 98.0 cm³/mol. The molecule has 1 saturated heterocycles. The van der Waals surface area contributed by atoms with Gasteiger partial charge in [-0.25, -0.2) is 0 Å². The Balaban J connectivity index is 2.30. The van der Waals surface area contributed by atoms with Crippen LogP contribution in [0.1, 0.15) is 73.6 Å². The van der Waals surface area contributed by atoms with Crippen LogP contribution in [0.3, 0.4) is 0 Å². The van der Waals surface area contributed by atoms with Crippen molar-refractivity contribution in [3.05, 3.63) is 0 Å². The number of nitrogens with zero attached hydrogens (tertiary/aromatic N) is 1. The Morgan fingerprint density at radius 1 is 1.17 bits per heavy atom. The van der Waals surface area contributed by atoms with Crippen molar-refractivity contribution in [3.63, 3.8) is 0 Å². The fourth-order valence-corrected chi connectivity index (χ4v) is 4.13. The number of nitrogens with one attached hydrogen (secondary N) is 2. The molecule has 0 radical (unpaired) electrons. The van der Waals surface area contributed by atoms with E-state index in [0.717, 1.165) is 38.8 Å². The van der Waals surface area contributed by atoms with E-state index in [0.29, 0.717) is 0 Å². The number of piperazine rings is 1. The molecule has 140 valence electrons. The SMILES string of the molecule is CC(C)(C)NCC1(C)CN(C(C)(C)CO)C2(CCCCC2)C(=O)N1. The summed E-state index contributed by atoms with van der Waals surface area (Å²) in [5.41, 5.74) is -1.19. The lowest BCUT2D eigenvalue weighted by Gasteiger charge is -2.59. The summed E-state index contributed by atoms with van der Waals surface area (Å²) in [6.07, 6.45) is 5.16. The lowest BCUT2D eigenvalue weighted by atomic mass is 9.73. The van der Waals surface area contributed by atoms with Crippen molar-refractivity contribution in [2.45, 2.75) is 95.8 Å². The van der Waals surface area contributed by atoms with Crippen molar-refractivity contribution in [1.82, 2.24) is 15.5 Å². The number of aliphatic hydroxyl groups excluding tert-OH is 1. The Bertz CT molecular complexity index is 464. The lowest BCUT2D eigenvalue weighted by molar-refractivity contribution is -0.157. The van der Waals surface area contributed by atoms with E-state index in [-0.39, 0.29) is 23.6 Å². The van der Waals surface area contributed by atoms with Crippen molar-refractivity contribution >= 4 is 5.91 Å². The molecule has 1 atom stereocenters. The highest BCUT2D eigenvalue weighted by Crippen LogP contribution is 2.41. The molecule has 2 fully saturated rings. The topological polar surface area (TPSA) is 64.6 Å². The molecule has 0 aromatic carbocycles. The number of hydrogen-bond acceptors (Lipinski definition) is 4. The summed E-state index contributed by atoms with van der Waals surface area (Å²) in [6, 6.07) is 0. The fraction of sp³-hybridized carbons (Fsp3) is 0.947. The second-order valence-electron chi connectivity index (χ2n) is 9.77. The van der Waals surface area contributed by atoms with Gasteiger partial charge in [-0.1, -0.05) is 19.3 Å². The molecule has 1 spiro atoms. The molecule has 5 heteroatoms. The van der Waals surface area contributed by atoms with Gasteiger partial charge in [-0.3, -0.25) is 9.69 Å². The van der Waals surface area contributed by atoms with Gasteiger partial charge in [0.15, 0.2) is 0 Å². The zero-order chi connectivity index (χ0) is 18.2. The van der Waals surface area contributed by atoms with E-state index in [1.54, 1.807) is 0 Å². The summed E-state index contributed by atoms with van der Waals surface area (Å²) in [7, 11) is 0. The molecule has 0 aromatic heterocycles. The molecule has 1 heterocycles. The van der Waals surface area contributed by atoms with E-state index in [1.165, 1.54) is 6.42 Å². The zero-order valence-corrected chi connectivity index (χ0v) is 16.5. The number of aliphatic hydroxyl groups is 1. The van der Waals surface area contributed by atoms with Crippen molar-refractivity contribution < 1.29 is 9.90 Å². The highest BCUT2D eigenvalue weighted by atomic mass is 16.3. The maximum Gasteiger partial charge on any atom is 0.241 e. The molecule has 5 nitrogen and oxygen atoms in total. The van der Waals surface area contributed by atoms with Crippen molar-refractivity contribution in [1.29, 1.82) is 0 Å². The van der Waals surface area contributed by atoms with Gasteiger partial charge < -0.3 is 15.7 Å². The van der Waals surface area contributed by atoms with Crippen LogP contribution in [0, 0.1) is 0 Å². The van der Waals surface area contributed by atoms with Crippen molar-refractivity contribution in [2.24, 2.45) is 0 Å². The molecule has 2 aliphatic rings. The third-order valence-corrected chi connectivity index (χ3v) is 5.67. The highest BCUT2D eigenvalue weighted by Gasteiger charge is 2.55. The van der Waals surface area contributed by atoms with Crippen LogP contribution in [0.25, 0.3) is 0 Å². The number of carbonyl (C=O) groups excluding carboxylic acids is 1. The van der Waals surface area contributed by atoms with Gasteiger partial charge in [-0.2, -0.15) is 0 Å². The van der Waals surface area contributed by atoms with E-state index < -0.39 is 11.1 Å². The third-order valence-electron chi connectivity index (χ3n) is 5.67. The van der Waals surface area contributed by atoms with E-state index in [2.05, 4.69) is 57.1 Å². The Morgan fingerprint density at radius 3 is 2.25 bits per heavy atom. The van der Waals surface area contributed by atoms with Crippen LogP contribution in [0.2, 0.25) is 0 Å². The molecule has 2 rings (SSSR count). The van der Waals surface area contributed by atoms with Crippen LogP contribution in [0.15, 0.2) is 0 Å². The first-order valence-electron chi connectivity index (χ1n) is 9.41. The fourth-order valence-electron chi connectivity index (χ4n) is 4.13. The minimum Gasteiger partial charge on any atom is -0.394 e. The van der Waals surface area contributed by atoms with Crippen molar-refractivity contribution in [3.8, 4) is 0 Å². The van der Waals surface area contributed by atoms with Gasteiger partial charge in [0.2, 0.25) is 5.91 Å². The quantitative estimate of drug-likeness (QED) is 0.733. The number of carbonyl (C=O) groups is 1. The van der Waals surface area contributed by atoms with Gasteiger partial charge in [0.1, 0.15) is 5.54 Å². The Kier molecular flexibility index (Phi) is 5.39. The van der Waals surface area contributed by atoms with Crippen LogP contribution in [-0.4, -0.2) is 57.8 Å². The summed E-state index contributed by atoms with van der Waals surface area (Å²) >= 11 is 0. The van der Waals surface area contributed by atoms with Crippen LogP contribution < -0.4 is 10.6 Å². The smallest absolute Gasteiger partial charge is 0.241 e. The number of amides is 1. The first-order chi connectivity index (χ1) is 10.9. The molecule has 1 amide bonds. The third kappa shape index (κ3) is 3.94. The van der Waals surface area contributed by atoms with E-state index in [9.17, 15) is 9.90 Å². The first-order valence-corrected chi connectivity index (χ1v) is 9.41. The molecule has 1 saturated carbocycles. The van der Waals surface area contributed by atoms with Gasteiger partial charge in [0, 0.05) is 24.2 Å². The van der Waals surface area contributed by atoms with Crippen molar-refractivity contribution in [2.75, 3.05) is 19.7 Å². The molecular formula is C19H37N3O2. The van der Waals surface area contributed by atoms with Crippen LogP contribution in [-0.2, 0) is 4.79 Å². The average molecular weight is 340 g/mol. The Morgan fingerprint density at radius 2 is 1.75 bits per heavy atom. The summed E-state index contributed by atoms with van der Waals surface area (Å²) in [4.78, 5) is 15.5. The minimum atomic E-state index is -0.453. The normalized spacial score (nSPS) is 28.9. The monoisotopic (exact) mass is 339 g/mol. The van der Waals surface area contributed by atoms with Crippen LogP contribution >= 0.6 is 0 Å². The summed E-state index contributed by atoms with van der Waals surface area (Å²) in [5, 5.41) is 16.8. The van der Waals surface area contributed by atoms with E-state index in [1.807, 2.05) is 0 Å². The van der Waals surface area contributed by atoms with Crippen LogP contribution in [0.4, 0.5) is 0 Å². The maximum atomic E-state index is 13.2. The van der Waals surface area contributed by atoms with Gasteiger partial charge in [-0.05, 0) is 54.4 Å². The molecule has 24 heavy (non-hydrogen) atoms. The minimum absolute atomic E-state index is 0.00500. The lowest BCUT2D eigenvalue weighted by Crippen LogP contribution is -2.78. The summed E-state index contributed by atoms with van der Waals surface area (Å²) in [6.45, 7) is 14.2. The van der Waals surface area contributed by atoms with Crippen LogP contribution in [0.5, 0.6) is 0 Å². The largest absolute Gasteiger partial charge is 0.394 e.